The van der Waals surface area contributed by atoms with Gasteiger partial charge in [0.15, 0.2) is 0 Å². The van der Waals surface area contributed by atoms with Crippen molar-refractivity contribution in [2.24, 2.45) is 5.73 Å². The highest BCUT2D eigenvalue weighted by molar-refractivity contribution is 6.30. The van der Waals surface area contributed by atoms with E-state index < -0.39 is 5.54 Å². The zero-order valence-electron chi connectivity index (χ0n) is 17.7. The van der Waals surface area contributed by atoms with Crippen LogP contribution in [0.2, 0.25) is 5.02 Å². The van der Waals surface area contributed by atoms with Crippen LogP contribution in [-0.4, -0.2) is 41.4 Å². The molecule has 2 aromatic carbocycles. The Morgan fingerprint density at radius 3 is 2.57 bits per heavy atom. The lowest BCUT2D eigenvalue weighted by molar-refractivity contribution is -0.130. The Kier molecular flexibility index (Phi) is 6.96. The van der Waals surface area contributed by atoms with E-state index in [9.17, 15) is 9.18 Å². The van der Waals surface area contributed by atoms with Gasteiger partial charge in [-0.15, -0.1) is 0 Å². The summed E-state index contributed by atoms with van der Waals surface area (Å²) >= 11 is 6.13. The van der Waals surface area contributed by atoms with Gasteiger partial charge in [0.25, 0.3) is 0 Å². The standard InChI is InChI=1S/C24H29ClFN3O/c1-17-15-28(16-18-4-9-21(26)10-5-18)12-13-29(17)23(30)11-7-19-6-8-20(25)14-22(19)24(2,3)27/h4-11,14,17H,12-13,15-16,27H2,1-3H3/b11-7+/t17-/m1/s1. The molecule has 0 aromatic heterocycles. The number of nitrogens with zero attached hydrogens (tertiary/aromatic N) is 2. The summed E-state index contributed by atoms with van der Waals surface area (Å²) in [6, 6.07) is 12.2. The average Bonchev–Trinajstić information content (AvgIpc) is 2.68. The number of benzene rings is 2. The smallest absolute Gasteiger partial charge is 0.246 e. The topological polar surface area (TPSA) is 49.6 Å². The molecule has 6 heteroatoms. The molecule has 4 nitrogen and oxygen atoms in total. The summed E-state index contributed by atoms with van der Waals surface area (Å²) in [5.74, 6) is -0.240. The SMILES string of the molecule is C[C@@H]1CN(Cc2ccc(F)cc2)CCN1C(=O)/C=C/c1ccc(Cl)cc1C(C)(C)N. The van der Waals surface area contributed by atoms with Crippen molar-refractivity contribution >= 4 is 23.6 Å². The van der Waals surface area contributed by atoms with Crippen molar-refractivity contribution in [3.8, 4) is 0 Å². The van der Waals surface area contributed by atoms with Crippen molar-refractivity contribution in [2.45, 2.75) is 38.9 Å². The first-order valence-electron chi connectivity index (χ1n) is 10.2. The molecule has 3 rings (SSSR count). The maximum absolute atomic E-state index is 13.1. The average molecular weight is 430 g/mol. The Hall–Kier alpha value is -2.21. The van der Waals surface area contributed by atoms with Gasteiger partial charge in [-0.05, 0) is 67.8 Å². The summed E-state index contributed by atoms with van der Waals surface area (Å²) in [5.41, 5.74) is 8.57. The first-order valence-corrected chi connectivity index (χ1v) is 10.6. The lowest BCUT2D eigenvalue weighted by atomic mass is 9.91. The molecule has 2 N–H and O–H groups in total. The minimum atomic E-state index is -0.563. The van der Waals surface area contributed by atoms with Gasteiger partial charge in [0, 0.05) is 48.9 Å². The van der Waals surface area contributed by atoms with E-state index in [1.54, 1.807) is 12.1 Å². The molecule has 0 spiro atoms. The largest absolute Gasteiger partial charge is 0.334 e. The molecule has 2 aromatic rings. The molecule has 1 heterocycles. The van der Waals surface area contributed by atoms with Crippen molar-refractivity contribution in [1.29, 1.82) is 0 Å². The summed E-state index contributed by atoms with van der Waals surface area (Å²) < 4.78 is 13.1. The molecule has 0 radical (unpaired) electrons. The van der Waals surface area contributed by atoms with Gasteiger partial charge in [0.05, 0.1) is 0 Å². The van der Waals surface area contributed by atoms with Gasteiger partial charge in [0.1, 0.15) is 5.82 Å². The predicted molar refractivity (Wildman–Crippen MR) is 121 cm³/mol. The molecule has 0 unspecified atom stereocenters. The second-order valence-electron chi connectivity index (χ2n) is 8.53. The van der Waals surface area contributed by atoms with Crippen molar-refractivity contribution in [1.82, 2.24) is 9.80 Å². The van der Waals surface area contributed by atoms with Crippen LogP contribution < -0.4 is 5.73 Å². The Balaban J connectivity index is 1.64. The maximum atomic E-state index is 13.1. The number of carbonyl (C=O) groups is 1. The Morgan fingerprint density at radius 2 is 1.93 bits per heavy atom. The normalized spacial score (nSPS) is 18.2. The number of carbonyl (C=O) groups excluding carboxylic acids is 1. The zero-order valence-corrected chi connectivity index (χ0v) is 18.5. The van der Waals surface area contributed by atoms with E-state index in [0.717, 1.165) is 36.3 Å². The van der Waals surface area contributed by atoms with Crippen LogP contribution in [0.4, 0.5) is 4.39 Å². The summed E-state index contributed by atoms with van der Waals surface area (Å²) in [6.07, 6.45) is 3.44. The van der Waals surface area contributed by atoms with Gasteiger partial charge in [-0.25, -0.2) is 4.39 Å². The minimum Gasteiger partial charge on any atom is -0.334 e. The molecule has 30 heavy (non-hydrogen) atoms. The van der Waals surface area contributed by atoms with Crippen LogP contribution in [0.1, 0.15) is 37.5 Å². The van der Waals surface area contributed by atoms with Gasteiger partial charge in [-0.1, -0.05) is 29.8 Å². The Labute approximate surface area is 183 Å². The zero-order chi connectivity index (χ0) is 21.9. The Morgan fingerprint density at radius 1 is 1.23 bits per heavy atom. The van der Waals surface area contributed by atoms with E-state index >= 15 is 0 Å². The second-order valence-corrected chi connectivity index (χ2v) is 8.97. The van der Waals surface area contributed by atoms with Gasteiger partial charge < -0.3 is 10.6 Å². The lowest BCUT2D eigenvalue weighted by Gasteiger charge is -2.39. The molecule has 1 saturated heterocycles. The summed E-state index contributed by atoms with van der Waals surface area (Å²) in [4.78, 5) is 17.0. The molecule has 0 bridgehead atoms. The molecule has 0 saturated carbocycles. The number of hydrogen-bond acceptors (Lipinski definition) is 3. The Bertz CT molecular complexity index is 921. The quantitative estimate of drug-likeness (QED) is 0.716. The first-order chi connectivity index (χ1) is 14.1. The number of halogens is 2. The molecular weight excluding hydrogens is 401 g/mol. The second kappa shape index (κ2) is 9.29. The fourth-order valence-corrected chi connectivity index (χ4v) is 4.01. The van der Waals surface area contributed by atoms with Crippen LogP contribution >= 0.6 is 11.6 Å². The lowest BCUT2D eigenvalue weighted by Crippen LogP contribution is -2.53. The summed E-state index contributed by atoms with van der Waals surface area (Å²) in [6.45, 7) is 8.85. The van der Waals surface area contributed by atoms with Crippen molar-refractivity contribution in [3.63, 3.8) is 0 Å². The summed E-state index contributed by atoms with van der Waals surface area (Å²) in [5, 5.41) is 0.623. The first kappa shape index (κ1) is 22.5. The minimum absolute atomic E-state index is 0.0142. The van der Waals surface area contributed by atoms with E-state index in [-0.39, 0.29) is 17.8 Å². The highest BCUT2D eigenvalue weighted by Crippen LogP contribution is 2.26. The summed E-state index contributed by atoms with van der Waals surface area (Å²) in [7, 11) is 0. The fourth-order valence-electron chi connectivity index (χ4n) is 3.84. The van der Waals surface area contributed by atoms with E-state index in [1.807, 2.05) is 49.1 Å². The van der Waals surface area contributed by atoms with Gasteiger partial charge >= 0.3 is 0 Å². The van der Waals surface area contributed by atoms with Crippen LogP contribution in [0.25, 0.3) is 6.08 Å². The molecule has 160 valence electrons. The van der Waals surface area contributed by atoms with Crippen LogP contribution in [0, 0.1) is 5.82 Å². The van der Waals surface area contributed by atoms with Crippen molar-refractivity contribution in [3.05, 3.63) is 76.1 Å². The van der Waals surface area contributed by atoms with Crippen LogP contribution in [-0.2, 0) is 16.9 Å². The number of amides is 1. The van der Waals surface area contributed by atoms with E-state index in [0.29, 0.717) is 11.6 Å². The fraction of sp³-hybridized carbons (Fsp3) is 0.375. The van der Waals surface area contributed by atoms with Crippen molar-refractivity contribution < 1.29 is 9.18 Å². The number of hydrogen-bond donors (Lipinski definition) is 1. The van der Waals surface area contributed by atoms with E-state index in [2.05, 4.69) is 11.8 Å². The molecule has 1 atom stereocenters. The van der Waals surface area contributed by atoms with E-state index in [1.165, 1.54) is 12.1 Å². The third-order valence-electron chi connectivity index (χ3n) is 5.43. The molecule has 1 amide bonds. The van der Waals surface area contributed by atoms with Gasteiger partial charge in [-0.2, -0.15) is 0 Å². The number of nitrogens with two attached hydrogens (primary N) is 1. The molecule has 0 aliphatic carbocycles. The third kappa shape index (κ3) is 5.69. The predicted octanol–water partition coefficient (Wildman–Crippen LogP) is 4.42. The monoisotopic (exact) mass is 429 g/mol. The van der Waals surface area contributed by atoms with Crippen LogP contribution in [0.3, 0.4) is 0 Å². The third-order valence-corrected chi connectivity index (χ3v) is 5.66. The van der Waals surface area contributed by atoms with Crippen molar-refractivity contribution in [2.75, 3.05) is 19.6 Å². The number of piperazine rings is 1. The highest BCUT2D eigenvalue weighted by atomic mass is 35.5. The number of rotatable bonds is 5. The maximum Gasteiger partial charge on any atom is 0.246 e. The van der Waals surface area contributed by atoms with Gasteiger partial charge in [0.2, 0.25) is 5.91 Å². The van der Waals surface area contributed by atoms with Crippen LogP contribution in [0.15, 0.2) is 48.5 Å². The van der Waals surface area contributed by atoms with E-state index in [4.69, 9.17) is 17.3 Å². The molecule has 1 aliphatic rings. The van der Waals surface area contributed by atoms with Gasteiger partial charge in [-0.3, -0.25) is 9.69 Å². The van der Waals surface area contributed by atoms with Crippen LogP contribution in [0.5, 0.6) is 0 Å². The molecule has 1 fully saturated rings. The molecule has 1 aliphatic heterocycles. The molecular formula is C24H29ClFN3O. The highest BCUT2D eigenvalue weighted by Gasteiger charge is 2.26.